The molecule has 1 aromatic carbocycles. The van der Waals surface area contributed by atoms with E-state index >= 15 is 0 Å². The second-order valence-corrected chi connectivity index (χ2v) is 7.74. The second kappa shape index (κ2) is 6.43. The Morgan fingerprint density at radius 2 is 1.95 bits per heavy atom. The fraction of sp³-hybridized carbons (Fsp3) is 0.571. The Labute approximate surface area is 126 Å². The van der Waals surface area contributed by atoms with Crippen LogP contribution in [0.4, 0.5) is 0 Å². The molecule has 0 atom stereocenters. The summed E-state index contributed by atoms with van der Waals surface area (Å²) in [6.45, 7) is 5.30. The molecule has 2 rings (SSSR count). The highest BCUT2D eigenvalue weighted by Crippen LogP contribution is 2.22. The third-order valence-corrected chi connectivity index (χ3v) is 6.04. The van der Waals surface area contributed by atoms with Gasteiger partial charge in [-0.15, -0.1) is 0 Å². The molecule has 0 saturated carbocycles. The lowest BCUT2D eigenvalue weighted by Crippen LogP contribution is -2.35. The first kappa shape index (κ1) is 15.8. The Kier molecular flexibility index (Phi) is 5.07. The molecule has 1 saturated heterocycles. The van der Waals surface area contributed by atoms with Crippen LogP contribution in [0.15, 0.2) is 23.1 Å². The van der Waals surface area contributed by atoms with Gasteiger partial charge in [-0.3, -0.25) is 0 Å². The zero-order valence-electron chi connectivity index (χ0n) is 12.0. The summed E-state index contributed by atoms with van der Waals surface area (Å²) in [7, 11) is -1.82. The van der Waals surface area contributed by atoms with Crippen molar-refractivity contribution in [3.05, 3.63) is 28.8 Å². The molecule has 20 heavy (non-hydrogen) atoms. The van der Waals surface area contributed by atoms with Crippen LogP contribution in [-0.4, -0.2) is 50.8 Å². The monoisotopic (exact) mass is 316 g/mol. The van der Waals surface area contributed by atoms with E-state index in [0.29, 0.717) is 11.6 Å². The summed E-state index contributed by atoms with van der Waals surface area (Å²) in [5.74, 6) is 0. The van der Waals surface area contributed by atoms with E-state index in [1.807, 2.05) is 6.92 Å². The third-order valence-electron chi connectivity index (χ3n) is 3.78. The molecular formula is C14H21ClN2O2S. The number of likely N-dealkylation sites (tertiary alicyclic amines) is 1. The number of benzene rings is 1. The van der Waals surface area contributed by atoms with Crippen molar-refractivity contribution in [2.45, 2.75) is 24.7 Å². The van der Waals surface area contributed by atoms with Gasteiger partial charge in [0, 0.05) is 25.2 Å². The van der Waals surface area contributed by atoms with E-state index in [1.54, 1.807) is 19.2 Å². The predicted octanol–water partition coefficient (Wildman–Crippen LogP) is 2.36. The van der Waals surface area contributed by atoms with Gasteiger partial charge in [-0.1, -0.05) is 17.7 Å². The van der Waals surface area contributed by atoms with Gasteiger partial charge in [-0.05, 0) is 50.6 Å². The largest absolute Gasteiger partial charge is 0.302 e. The lowest BCUT2D eigenvalue weighted by molar-refractivity contribution is 0.310. The van der Waals surface area contributed by atoms with Crippen molar-refractivity contribution >= 4 is 21.6 Å². The van der Waals surface area contributed by atoms with Gasteiger partial charge in [-0.25, -0.2) is 8.42 Å². The topological polar surface area (TPSA) is 40.6 Å². The van der Waals surface area contributed by atoms with Crippen LogP contribution in [-0.2, 0) is 10.0 Å². The molecule has 0 aliphatic carbocycles. The van der Waals surface area contributed by atoms with Gasteiger partial charge >= 0.3 is 0 Å². The highest BCUT2D eigenvalue weighted by atomic mass is 35.5. The van der Waals surface area contributed by atoms with Gasteiger partial charge in [0.25, 0.3) is 0 Å². The van der Waals surface area contributed by atoms with E-state index in [-0.39, 0.29) is 4.90 Å². The van der Waals surface area contributed by atoms with Gasteiger partial charge in [0.15, 0.2) is 0 Å². The van der Waals surface area contributed by atoms with Crippen molar-refractivity contribution in [3.63, 3.8) is 0 Å². The molecule has 0 N–H and O–H groups in total. The highest BCUT2D eigenvalue weighted by Gasteiger charge is 2.22. The highest BCUT2D eigenvalue weighted by molar-refractivity contribution is 7.89. The summed E-state index contributed by atoms with van der Waals surface area (Å²) >= 11 is 6.01. The first-order valence-corrected chi connectivity index (χ1v) is 8.68. The number of rotatable bonds is 5. The van der Waals surface area contributed by atoms with E-state index in [1.165, 1.54) is 23.2 Å². The number of sulfonamides is 1. The number of nitrogens with zero attached hydrogens (tertiary/aromatic N) is 2. The second-order valence-electron chi connectivity index (χ2n) is 5.29. The van der Waals surface area contributed by atoms with Gasteiger partial charge < -0.3 is 4.90 Å². The predicted molar refractivity (Wildman–Crippen MR) is 81.7 cm³/mol. The van der Waals surface area contributed by atoms with E-state index in [9.17, 15) is 8.42 Å². The van der Waals surface area contributed by atoms with Crippen molar-refractivity contribution in [2.24, 2.45) is 0 Å². The van der Waals surface area contributed by atoms with Crippen molar-refractivity contribution in [1.29, 1.82) is 0 Å². The Bertz CT molecular complexity index is 569. The molecule has 1 aromatic rings. The fourth-order valence-electron chi connectivity index (χ4n) is 2.32. The molecule has 1 heterocycles. The summed E-state index contributed by atoms with van der Waals surface area (Å²) in [6.07, 6.45) is 2.42. The smallest absolute Gasteiger partial charge is 0.242 e. The maximum Gasteiger partial charge on any atom is 0.242 e. The summed E-state index contributed by atoms with van der Waals surface area (Å²) in [4.78, 5) is 2.56. The summed E-state index contributed by atoms with van der Waals surface area (Å²) in [5.41, 5.74) is 0.880. The molecular weight excluding hydrogens is 296 g/mol. The number of aryl methyl sites for hydroxylation is 1. The van der Waals surface area contributed by atoms with Crippen LogP contribution in [0.5, 0.6) is 0 Å². The molecule has 4 nitrogen and oxygen atoms in total. The lowest BCUT2D eigenvalue weighted by atomic mass is 10.2. The third kappa shape index (κ3) is 3.52. The summed E-state index contributed by atoms with van der Waals surface area (Å²) in [5, 5.41) is 0.485. The van der Waals surface area contributed by atoms with Crippen LogP contribution >= 0.6 is 11.6 Å². The van der Waals surface area contributed by atoms with Gasteiger partial charge in [0.05, 0.1) is 4.90 Å². The molecule has 0 amide bonds. The van der Waals surface area contributed by atoms with E-state index in [2.05, 4.69) is 4.90 Å². The molecule has 1 aliphatic heterocycles. The minimum atomic E-state index is -3.45. The quantitative estimate of drug-likeness (QED) is 0.837. The zero-order chi connectivity index (χ0) is 14.8. The van der Waals surface area contributed by atoms with E-state index in [4.69, 9.17) is 11.6 Å². The Balaban J connectivity index is 2.06. The summed E-state index contributed by atoms with van der Waals surface area (Å²) < 4.78 is 26.3. The Hall–Kier alpha value is -0.620. The average Bonchev–Trinajstić information content (AvgIpc) is 2.92. The number of hydrogen-bond donors (Lipinski definition) is 0. The molecule has 0 aromatic heterocycles. The number of likely N-dealkylation sites (N-methyl/N-ethyl adjacent to an activating group) is 1. The maximum atomic E-state index is 12.4. The zero-order valence-corrected chi connectivity index (χ0v) is 13.5. The average molecular weight is 317 g/mol. The lowest BCUT2D eigenvalue weighted by Gasteiger charge is -2.21. The van der Waals surface area contributed by atoms with Crippen LogP contribution in [0.2, 0.25) is 5.02 Å². The van der Waals surface area contributed by atoms with Crippen LogP contribution < -0.4 is 0 Å². The SMILES string of the molecule is Cc1ccc(S(=O)(=O)N(C)CCN2CCCC2)cc1Cl. The van der Waals surface area contributed by atoms with Crippen LogP contribution in [0.3, 0.4) is 0 Å². The molecule has 1 fully saturated rings. The minimum absolute atomic E-state index is 0.261. The van der Waals surface area contributed by atoms with E-state index in [0.717, 1.165) is 25.2 Å². The van der Waals surface area contributed by atoms with Gasteiger partial charge in [0.2, 0.25) is 10.0 Å². The minimum Gasteiger partial charge on any atom is -0.302 e. The standard InChI is InChI=1S/C14H21ClN2O2S/c1-12-5-6-13(11-14(12)15)20(18,19)16(2)9-10-17-7-3-4-8-17/h5-6,11H,3-4,7-10H2,1-2H3. The Morgan fingerprint density at radius 1 is 1.30 bits per heavy atom. The normalized spacial score (nSPS) is 17.0. The van der Waals surface area contributed by atoms with Gasteiger partial charge in [-0.2, -0.15) is 4.31 Å². The van der Waals surface area contributed by atoms with Crippen LogP contribution in [0, 0.1) is 6.92 Å². The summed E-state index contributed by atoms with van der Waals surface area (Å²) in [6, 6.07) is 4.88. The van der Waals surface area contributed by atoms with Crippen molar-refractivity contribution in [1.82, 2.24) is 9.21 Å². The molecule has 0 spiro atoms. The Morgan fingerprint density at radius 3 is 2.55 bits per heavy atom. The van der Waals surface area contributed by atoms with Gasteiger partial charge in [0.1, 0.15) is 0 Å². The van der Waals surface area contributed by atoms with Crippen molar-refractivity contribution < 1.29 is 8.42 Å². The molecule has 112 valence electrons. The maximum absolute atomic E-state index is 12.4. The fourth-order valence-corrected chi connectivity index (χ4v) is 3.76. The molecule has 0 radical (unpaired) electrons. The number of halogens is 1. The molecule has 0 bridgehead atoms. The van der Waals surface area contributed by atoms with Crippen LogP contribution in [0.1, 0.15) is 18.4 Å². The van der Waals surface area contributed by atoms with Crippen molar-refractivity contribution in [2.75, 3.05) is 33.2 Å². The first-order chi connectivity index (χ1) is 9.41. The first-order valence-electron chi connectivity index (χ1n) is 6.86. The van der Waals surface area contributed by atoms with Crippen molar-refractivity contribution in [3.8, 4) is 0 Å². The van der Waals surface area contributed by atoms with Crippen LogP contribution in [0.25, 0.3) is 0 Å². The molecule has 6 heteroatoms. The number of hydrogen-bond acceptors (Lipinski definition) is 3. The molecule has 1 aliphatic rings. The van der Waals surface area contributed by atoms with E-state index < -0.39 is 10.0 Å². The molecule has 0 unspecified atom stereocenters.